The first-order valence-electron chi connectivity index (χ1n) is 8.51. The van der Waals surface area contributed by atoms with E-state index in [1.54, 1.807) is 12.1 Å². The largest absolute Gasteiger partial charge is 0.389 e. The maximum Gasteiger partial charge on any atom is 0.159 e. The monoisotopic (exact) mass is 385 g/mol. The van der Waals surface area contributed by atoms with Gasteiger partial charge in [-0.15, -0.1) is 0 Å². The van der Waals surface area contributed by atoms with Gasteiger partial charge < -0.3 is 10.2 Å². The molecule has 6 nitrogen and oxygen atoms in total. The van der Waals surface area contributed by atoms with Crippen molar-refractivity contribution in [2.45, 2.75) is 33.4 Å². The van der Waals surface area contributed by atoms with Gasteiger partial charge in [-0.1, -0.05) is 11.2 Å². The van der Waals surface area contributed by atoms with E-state index in [9.17, 15) is 4.39 Å². The van der Waals surface area contributed by atoms with E-state index in [4.69, 9.17) is 4.84 Å². The SMILES string of the molecule is Cc1nsnc1/C(=N\OCc1cccc(NC(C)C)n1)c1ccc(F)cc1. The summed E-state index contributed by atoms with van der Waals surface area (Å²) in [6.45, 7) is 6.15. The van der Waals surface area contributed by atoms with Crippen LogP contribution in [0, 0.1) is 12.7 Å². The molecule has 0 saturated carbocycles. The van der Waals surface area contributed by atoms with Crippen LogP contribution in [0.3, 0.4) is 0 Å². The highest BCUT2D eigenvalue weighted by Crippen LogP contribution is 2.15. The molecule has 0 spiro atoms. The molecule has 0 aliphatic rings. The van der Waals surface area contributed by atoms with Crippen LogP contribution in [0.1, 0.15) is 36.5 Å². The number of aromatic nitrogens is 3. The number of hydrogen-bond acceptors (Lipinski definition) is 7. The Labute approximate surface area is 161 Å². The van der Waals surface area contributed by atoms with Gasteiger partial charge in [0, 0.05) is 11.6 Å². The number of pyridine rings is 1. The van der Waals surface area contributed by atoms with Gasteiger partial charge in [0.25, 0.3) is 0 Å². The van der Waals surface area contributed by atoms with Gasteiger partial charge in [0.15, 0.2) is 6.61 Å². The Balaban J connectivity index is 1.80. The summed E-state index contributed by atoms with van der Waals surface area (Å²) in [6.07, 6.45) is 0. The molecule has 0 bridgehead atoms. The lowest BCUT2D eigenvalue weighted by atomic mass is 10.1. The fourth-order valence-electron chi connectivity index (χ4n) is 2.39. The molecule has 0 saturated heterocycles. The zero-order chi connectivity index (χ0) is 19.2. The van der Waals surface area contributed by atoms with E-state index in [0.29, 0.717) is 17.0 Å². The summed E-state index contributed by atoms with van der Waals surface area (Å²) in [5.74, 6) is 0.471. The van der Waals surface area contributed by atoms with Gasteiger partial charge in [-0.3, -0.25) is 0 Å². The third kappa shape index (κ3) is 5.07. The fourth-order valence-corrected chi connectivity index (χ4v) is 2.94. The topological polar surface area (TPSA) is 72.3 Å². The van der Waals surface area contributed by atoms with E-state index < -0.39 is 0 Å². The van der Waals surface area contributed by atoms with Crippen LogP contribution in [-0.4, -0.2) is 25.5 Å². The highest BCUT2D eigenvalue weighted by Gasteiger charge is 2.15. The number of benzene rings is 1. The smallest absolute Gasteiger partial charge is 0.159 e. The van der Waals surface area contributed by atoms with Gasteiger partial charge in [0.1, 0.15) is 23.0 Å². The Kier molecular flexibility index (Phi) is 6.08. The van der Waals surface area contributed by atoms with E-state index in [-0.39, 0.29) is 18.5 Å². The molecule has 27 heavy (non-hydrogen) atoms. The van der Waals surface area contributed by atoms with Crippen molar-refractivity contribution in [1.29, 1.82) is 0 Å². The van der Waals surface area contributed by atoms with Gasteiger partial charge in [-0.2, -0.15) is 8.75 Å². The molecule has 0 radical (unpaired) electrons. The van der Waals surface area contributed by atoms with Crippen molar-refractivity contribution in [2.75, 3.05) is 5.32 Å². The Morgan fingerprint density at radius 2 is 1.96 bits per heavy atom. The van der Waals surface area contributed by atoms with Crippen molar-refractivity contribution >= 4 is 23.3 Å². The summed E-state index contributed by atoms with van der Waals surface area (Å²) in [5, 5.41) is 7.50. The van der Waals surface area contributed by atoms with E-state index in [0.717, 1.165) is 28.9 Å². The first kappa shape index (κ1) is 18.9. The van der Waals surface area contributed by atoms with Crippen LogP contribution >= 0.6 is 11.7 Å². The van der Waals surface area contributed by atoms with Crippen LogP contribution in [0.4, 0.5) is 10.2 Å². The van der Waals surface area contributed by atoms with Crippen LogP contribution in [0.25, 0.3) is 0 Å². The van der Waals surface area contributed by atoms with E-state index in [1.807, 2.05) is 39.0 Å². The molecule has 0 amide bonds. The van der Waals surface area contributed by atoms with E-state index in [2.05, 4.69) is 24.2 Å². The van der Waals surface area contributed by atoms with Crippen molar-refractivity contribution in [1.82, 2.24) is 13.7 Å². The minimum Gasteiger partial charge on any atom is -0.389 e. The third-order valence-corrected chi connectivity index (χ3v) is 4.23. The normalized spacial score (nSPS) is 11.7. The lowest BCUT2D eigenvalue weighted by Gasteiger charge is -2.10. The predicted molar refractivity (Wildman–Crippen MR) is 104 cm³/mol. The first-order valence-corrected chi connectivity index (χ1v) is 9.24. The second kappa shape index (κ2) is 8.68. The molecule has 140 valence electrons. The van der Waals surface area contributed by atoms with E-state index in [1.165, 1.54) is 12.1 Å². The highest BCUT2D eigenvalue weighted by atomic mass is 32.1. The third-order valence-electron chi connectivity index (χ3n) is 3.61. The standard InChI is InChI=1S/C19H20FN5OS/c1-12(2)21-17-6-4-5-16(22-17)11-26-23-19(18-13(3)24-27-25-18)14-7-9-15(20)10-8-14/h4-10,12H,11H2,1-3H3,(H,21,22)/b23-19-. The van der Waals surface area contributed by atoms with Crippen LogP contribution in [0.2, 0.25) is 0 Å². The Morgan fingerprint density at radius 3 is 2.63 bits per heavy atom. The Hall–Kier alpha value is -2.87. The number of rotatable bonds is 7. The first-order chi connectivity index (χ1) is 13.0. The van der Waals surface area contributed by atoms with Gasteiger partial charge in [0.05, 0.1) is 23.1 Å². The lowest BCUT2D eigenvalue weighted by molar-refractivity contribution is 0.128. The summed E-state index contributed by atoms with van der Waals surface area (Å²) in [4.78, 5) is 10.0. The maximum atomic E-state index is 13.3. The molecular weight excluding hydrogens is 365 g/mol. The van der Waals surface area contributed by atoms with E-state index >= 15 is 0 Å². The number of anilines is 1. The number of nitrogens with one attached hydrogen (secondary N) is 1. The van der Waals surface area contributed by atoms with Crippen LogP contribution in [0.15, 0.2) is 47.6 Å². The lowest BCUT2D eigenvalue weighted by Crippen LogP contribution is -2.11. The second-order valence-electron chi connectivity index (χ2n) is 6.23. The summed E-state index contributed by atoms with van der Waals surface area (Å²) < 4.78 is 21.7. The van der Waals surface area contributed by atoms with Crippen molar-refractivity contribution in [2.24, 2.45) is 5.16 Å². The minimum absolute atomic E-state index is 0.203. The van der Waals surface area contributed by atoms with Crippen molar-refractivity contribution < 1.29 is 9.23 Å². The molecule has 3 aromatic rings. The van der Waals surface area contributed by atoms with Gasteiger partial charge in [-0.25, -0.2) is 9.37 Å². The number of nitrogens with zero attached hydrogens (tertiary/aromatic N) is 4. The summed E-state index contributed by atoms with van der Waals surface area (Å²) >= 11 is 1.10. The molecule has 1 aromatic carbocycles. The molecule has 0 aliphatic heterocycles. The summed E-state index contributed by atoms with van der Waals surface area (Å²) in [5.41, 5.74) is 3.33. The predicted octanol–water partition coefficient (Wildman–Crippen LogP) is 4.17. The molecule has 0 unspecified atom stereocenters. The molecule has 3 rings (SSSR count). The average molecular weight is 385 g/mol. The van der Waals surface area contributed by atoms with Gasteiger partial charge in [-0.05, 0) is 57.2 Å². The zero-order valence-electron chi connectivity index (χ0n) is 15.3. The average Bonchev–Trinajstić information content (AvgIpc) is 3.05. The molecule has 0 aliphatic carbocycles. The highest BCUT2D eigenvalue weighted by molar-refractivity contribution is 6.99. The summed E-state index contributed by atoms with van der Waals surface area (Å²) in [6, 6.07) is 12.0. The van der Waals surface area contributed by atoms with Crippen molar-refractivity contribution in [3.05, 3.63) is 70.9 Å². The molecule has 2 heterocycles. The number of aryl methyl sites for hydroxylation is 1. The van der Waals surface area contributed by atoms with Gasteiger partial charge >= 0.3 is 0 Å². The zero-order valence-corrected chi connectivity index (χ0v) is 16.1. The molecule has 8 heteroatoms. The molecule has 0 atom stereocenters. The molecule has 1 N–H and O–H groups in total. The number of halogens is 1. The maximum absolute atomic E-state index is 13.3. The Bertz CT molecular complexity index is 924. The minimum atomic E-state index is -0.314. The van der Waals surface area contributed by atoms with Crippen molar-refractivity contribution in [3.63, 3.8) is 0 Å². The second-order valence-corrected chi connectivity index (χ2v) is 6.76. The molecule has 0 fully saturated rings. The van der Waals surface area contributed by atoms with Crippen molar-refractivity contribution in [3.8, 4) is 0 Å². The summed E-state index contributed by atoms with van der Waals surface area (Å²) in [7, 11) is 0. The fraction of sp³-hybridized carbons (Fsp3) is 0.263. The Morgan fingerprint density at radius 1 is 1.19 bits per heavy atom. The molecule has 2 aromatic heterocycles. The van der Waals surface area contributed by atoms with Crippen LogP contribution in [-0.2, 0) is 11.4 Å². The van der Waals surface area contributed by atoms with Crippen LogP contribution < -0.4 is 5.32 Å². The van der Waals surface area contributed by atoms with Crippen LogP contribution in [0.5, 0.6) is 0 Å². The molecular formula is C19H20FN5OS. The number of hydrogen-bond donors (Lipinski definition) is 1. The quantitative estimate of drug-likeness (QED) is 0.488. The van der Waals surface area contributed by atoms with Gasteiger partial charge in [0.2, 0.25) is 0 Å². The number of oxime groups is 1.